The van der Waals surface area contributed by atoms with Crippen LogP contribution in [-0.2, 0) is 6.42 Å². The standard InChI is InChI=1S/C13H22N2S/c1-3-14-12(9-13-15-7-8-16-13)11-6-4-5-10(11)2/h7-8,10-12,14H,3-6,9H2,1-2H3. The van der Waals surface area contributed by atoms with Crippen LogP contribution in [0.5, 0.6) is 0 Å². The molecule has 1 aliphatic rings. The molecule has 0 spiro atoms. The van der Waals surface area contributed by atoms with Gasteiger partial charge in [-0.3, -0.25) is 0 Å². The fourth-order valence-electron chi connectivity index (χ4n) is 2.95. The molecule has 0 aromatic carbocycles. The highest BCUT2D eigenvalue weighted by atomic mass is 32.1. The molecular weight excluding hydrogens is 216 g/mol. The van der Waals surface area contributed by atoms with Crippen molar-refractivity contribution in [3.8, 4) is 0 Å². The first kappa shape index (κ1) is 12.1. The van der Waals surface area contributed by atoms with Gasteiger partial charge in [-0.25, -0.2) is 4.98 Å². The number of likely N-dealkylation sites (N-methyl/N-ethyl adjacent to an activating group) is 1. The fourth-order valence-corrected chi connectivity index (χ4v) is 3.63. The summed E-state index contributed by atoms with van der Waals surface area (Å²) in [5.41, 5.74) is 0. The van der Waals surface area contributed by atoms with E-state index in [0.29, 0.717) is 6.04 Å². The third kappa shape index (κ3) is 2.83. The van der Waals surface area contributed by atoms with E-state index in [1.807, 2.05) is 6.20 Å². The Morgan fingerprint density at radius 1 is 1.56 bits per heavy atom. The van der Waals surface area contributed by atoms with Gasteiger partial charge < -0.3 is 5.32 Å². The lowest BCUT2D eigenvalue weighted by Gasteiger charge is -2.27. The summed E-state index contributed by atoms with van der Waals surface area (Å²) in [5.74, 6) is 1.73. The summed E-state index contributed by atoms with van der Waals surface area (Å²) in [6.07, 6.45) is 7.24. The second kappa shape index (κ2) is 5.78. The molecule has 2 rings (SSSR count). The fraction of sp³-hybridized carbons (Fsp3) is 0.769. The van der Waals surface area contributed by atoms with Crippen molar-refractivity contribution in [1.29, 1.82) is 0 Å². The number of aromatic nitrogens is 1. The molecule has 3 heteroatoms. The monoisotopic (exact) mass is 238 g/mol. The van der Waals surface area contributed by atoms with Gasteiger partial charge in [0.05, 0.1) is 5.01 Å². The smallest absolute Gasteiger partial charge is 0.0940 e. The average Bonchev–Trinajstić information content (AvgIpc) is 2.88. The second-order valence-electron chi connectivity index (χ2n) is 4.87. The van der Waals surface area contributed by atoms with Gasteiger partial charge in [-0.1, -0.05) is 26.7 Å². The van der Waals surface area contributed by atoms with Crippen LogP contribution >= 0.6 is 11.3 Å². The van der Waals surface area contributed by atoms with Crippen LogP contribution in [0.4, 0.5) is 0 Å². The van der Waals surface area contributed by atoms with E-state index >= 15 is 0 Å². The third-order valence-electron chi connectivity index (χ3n) is 3.79. The molecule has 3 unspecified atom stereocenters. The summed E-state index contributed by atoms with van der Waals surface area (Å²) in [6, 6.07) is 0.633. The number of hydrogen-bond donors (Lipinski definition) is 1. The molecular formula is C13H22N2S. The first-order chi connectivity index (χ1) is 7.81. The maximum Gasteiger partial charge on any atom is 0.0940 e. The SMILES string of the molecule is CCNC(Cc1nccs1)C1CCCC1C. The van der Waals surface area contributed by atoms with E-state index < -0.39 is 0 Å². The lowest BCUT2D eigenvalue weighted by atomic mass is 9.88. The van der Waals surface area contributed by atoms with Crippen molar-refractivity contribution >= 4 is 11.3 Å². The van der Waals surface area contributed by atoms with Gasteiger partial charge in [0.15, 0.2) is 0 Å². The largest absolute Gasteiger partial charge is 0.314 e. The molecule has 1 heterocycles. The molecule has 0 amide bonds. The highest BCUT2D eigenvalue weighted by Gasteiger charge is 2.30. The Kier molecular flexibility index (Phi) is 4.36. The Morgan fingerprint density at radius 3 is 3.00 bits per heavy atom. The molecule has 3 atom stereocenters. The minimum absolute atomic E-state index is 0.633. The Morgan fingerprint density at radius 2 is 2.44 bits per heavy atom. The number of rotatable bonds is 5. The highest BCUT2D eigenvalue weighted by molar-refractivity contribution is 7.09. The maximum absolute atomic E-state index is 4.41. The van der Waals surface area contributed by atoms with E-state index in [9.17, 15) is 0 Å². The first-order valence-electron chi connectivity index (χ1n) is 6.43. The van der Waals surface area contributed by atoms with Gasteiger partial charge in [0.1, 0.15) is 0 Å². The summed E-state index contributed by atoms with van der Waals surface area (Å²) >= 11 is 1.79. The van der Waals surface area contributed by atoms with Crippen LogP contribution in [0.3, 0.4) is 0 Å². The van der Waals surface area contributed by atoms with Crippen LogP contribution < -0.4 is 5.32 Å². The molecule has 2 nitrogen and oxygen atoms in total. The molecule has 1 fully saturated rings. The molecule has 1 aromatic heterocycles. The van der Waals surface area contributed by atoms with Crippen LogP contribution in [0.1, 0.15) is 38.1 Å². The quantitative estimate of drug-likeness (QED) is 0.852. The molecule has 0 saturated heterocycles. The minimum Gasteiger partial charge on any atom is -0.314 e. The lowest BCUT2D eigenvalue weighted by molar-refractivity contribution is 0.298. The Hall–Kier alpha value is -0.410. The van der Waals surface area contributed by atoms with Crippen molar-refractivity contribution in [2.24, 2.45) is 11.8 Å². The van der Waals surface area contributed by atoms with Crippen molar-refractivity contribution in [2.45, 2.75) is 45.6 Å². The van der Waals surface area contributed by atoms with Gasteiger partial charge >= 0.3 is 0 Å². The Bertz CT molecular complexity index is 297. The minimum atomic E-state index is 0.633. The molecule has 1 N–H and O–H groups in total. The van der Waals surface area contributed by atoms with E-state index in [0.717, 1.165) is 24.8 Å². The third-order valence-corrected chi connectivity index (χ3v) is 4.59. The molecule has 90 valence electrons. The van der Waals surface area contributed by atoms with Crippen LogP contribution in [-0.4, -0.2) is 17.6 Å². The highest BCUT2D eigenvalue weighted by Crippen LogP contribution is 2.34. The van der Waals surface area contributed by atoms with Crippen molar-refractivity contribution in [3.05, 3.63) is 16.6 Å². The molecule has 1 aromatic rings. The lowest BCUT2D eigenvalue weighted by Crippen LogP contribution is -2.39. The van der Waals surface area contributed by atoms with Crippen molar-refractivity contribution in [2.75, 3.05) is 6.54 Å². The molecule has 0 bridgehead atoms. The van der Waals surface area contributed by atoms with E-state index in [1.165, 1.54) is 24.3 Å². The van der Waals surface area contributed by atoms with Gasteiger partial charge in [0.25, 0.3) is 0 Å². The summed E-state index contributed by atoms with van der Waals surface area (Å²) in [5, 5.41) is 7.02. The molecule has 0 radical (unpaired) electrons. The van der Waals surface area contributed by atoms with Gasteiger partial charge in [-0.05, 0) is 24.8 Å². The van der Waals surface area contributed by atoms with Crippen LogP contribution in [0.15, 0.2) is 11.6 Å². The predicted molar refractivity (Wildman–Crippen MR) is 69.8 cm³/mol. The Labute approximate surface area is 102 Å². The van der Waals surface area contributed by atoms with Gasteiger partial charge in [0.2, 0.25) is 0 Å². The zero-order valence-electron chi connectivity index (χ0n) is 10.3. The zero-order valence-corrected chi connectivity index (χ0v) is 11.1. The summed E-state index contributed by atoms with van der Waals surface area (Å²) in [4.78, 5) is 4.41. The first-order valence-corrected chi connectivity index (χ1v) is 7.31. The van der Waals surface area contributed by atoms with Crippen LogP contribution in [0.2, 0.25) is 0 Å². The van der Waals surface area contributed by atoms with Crippen molar-refractivity contribution in [3.63, 3.8) is 0 Å². The average molecular weight is 238 g/mol. The van der Waals surface area contributed by atoms with Gasteiger partial charge in [0, 0.05) is 24.0 Å². The van der Waals surface area contributed by atoms with Crippen molar-refractivity contribution < 1.29 is 0 Å². The molecule has 1 aliphatic carbocycles. The topological polar surface area (TPSA) is 24.9 Å². The maximum atomic E-state index is 4.41. The number of thiazole rings is 1. The van der Waals surface area contributed by atoms with Crippen LogP contribution in [0, 0.1) is 11.8 Å². The van der Waals surface area contributed by atoms with Gasteiger partial charge in [-0.15, -0.1) is 11.3 Å². The summed E-state index contributed by atoms with van der Waals surface area (Å²) in [7, 11) is 0. The zero-order chi connectivity index (χ0) is 11.4. The molecule has 1 saturated carbocycles. The van der Waals surface area contributed by atoms with Crippen LogP contribution in [0.25, 0.3) is 0 Å². The number of nitrogens with zero attached hydrogens (tertiary/aromatic N) is 1. The normalized spacial score (nSPS) is 27.1. The number of nitrogens with one attached hydrogen (secondary N) is 1. The van der Waals surface area contributed by atoms with E-state index in [2.05, 4.69) is 29.5 Å². The Balaban J connectivity index is 1.99. The second-order valence-corrected chi connectivity index (χ2v) is 5.85. The molecule has 16 heavy (non-hydrogen) atoms. The summed E-state index contributed by atoms with van der Waals surface area (Å²) in [6.45, 7) is 5.68. The van der Waals surface area contributed by atoms with E-state index in [1.54, 1.807) is 11.3 Å². The summed E-state index contributed by atoms with van der Waals surface area (Å²) < 4.78 is 0. The van der Waals surface area contributed by atoms with Crippen molar-refractivity contribution in [1.82, 2.24) is 10.3 Å². The molecule has 0 aliphatic heterocycles. The van der Waals surface area contributed by atoms with Gasteiger partial charge in [-0.2, -0.15) is 0 Å². The van der Waals surface area contributed by atoms with E-state index in [-0.39, 0.29) is 0 Å². The van der Waals surface area contributed by atoms with E-state index in [4.69, 9.17) is 0 Å². The predicted octanol–water partition coefficient (Wildman–Crippen LogP) is 3.10. The number of hydrogen-bond acceptors (Lipinski definition) is 3.